The molecule has 9 heteroatoms. The molecule has 0 bridgehead atoms. The third-order valence-electron chi connectivity index (χ3n) is 5.30. The predicted octanol–water partition coefficient (Wildman–Crippen LogP) is 0.862. The molecule has 2 aliphatic rings. The Bertz CT molecular complexity index is 871. The molecular weight excluding hydrogens is 362 g/mol. The van der Waals surface area contributed by atoms with E-state index in [1.165, 1.54) is 0 Å². The van der Waals surface area contributed by atoms with Gasteiger partial charge in [-0.2, -0.15) is 0 Å². The van der Waals surface area contributed by atoms with Crippen LogP contribution in [-0.2, 0) is 22.7 Å². The number of amides is 2. The zero-order valence-electron chi connectivity index (χ0n) is 16.0. The molecule has 2 aromatic rings. The molecule has 2 amide bonds. The highest BCUT2D eigenvalue weighted by atomic mass is 16.5. The summed E-state index contributed by atoms with van der Waals surface area (Å²) >= 11 is 0. The fourth-order valence-electron chi connectivity index (χ4n) is 3.57. The van der Waals surface area contributed by atoms with Crippen LogP contribution in [0.5, 0.6) is 5.75 Å². The van der Waals surface area contributed by atoms with Gasteiger partial charge in [-0.3, -0.25) is 9.59 Å². The van der Waals surface area contributed by atoms with Gasteiger partial charge in [0, 0.05) is 33.1 Å². The fraction of sp³-hybridized carbons (Fsp3) is 0.474. The zero-order valence-corrected chi connectivity index (χ0v) is 16.0. The summed E-state index contributed by atoms with van der Waals surface area (Å²) in [5, 5.41) is 8.30. The van der Waals surface area contributed by atoms with Crippen LogP contribution in [0.1, 0.15) is 34.8 Å². The monoisotopic (exact) mass is 385 g/mol. The first-order valence-electron chi connectivity index (χ1n) is 9.29. The van der Waals surface area contributed by atoms with Crippen molar-refractivity contribution in [3.63, 3.8) is 0 Å². The van der Waals surface area contributed by atoms with E-state index >= 15 is 0 Å². The summed E-state index contributed by atoms with van der Waals surface area (Å²) in [5.41, 5.74) is 2.06. The molecule has 1 atom stereocenters. The number of methoxy groups -OCH3 is 1. The van der Waals surface area contributed by atoms with Crippen LogP contribution in [0.2, 0.25) is 0 Å². The van der Waals surface area contributed by atoms with E-state index in [1.54, 1.807) is 28.5 Å². The largest absolute Gasteiger partial charge is 0.497 e. The van der Waals surface area contributed by atoms with Gasteiger partial charge < -0.3 is 19.3 Å². The molecule has 0 aliphatic carbocycles. The van der Waals surface area contributed by atoms with Gasteiger partial charge in [0.2, 0.25) is 5.91 Å². The smallest absolute Gasteiger partial charge is 0.276 e. The number of ether oxygens (including phenoxy) is 2. The zero-order chi connectivity index (χ0) is 19.7. The average Bonchev–Trinajstić information content (AvgIpc) is 3.16. The maximum absolute atomic E-state index is 12.9. The highest BCUT2D eigenvalue weighted by Crippen LogP contribution is 2.28. The van der Waals surface area contributed by atoms with Gasteiger partial charge in [0.15, 0.2) is 5.69 Å². The lowest BCUT2D eigenvalue weighted by Crippen LogP contribution is -2.50. The van der Waals surface area contributed by atoms with E-state index in [-0.39, 0.29) is 24.5 Å². The highest BCUT2D eigenvalue weighted by molar-refractivity contribution is 5.93. The van der Waals surface area contributed by atoms with Gasteiger partial charge in [0.1, 0.15) is 11.9 Å². The minimum atomic E-state index is -0.157. The maximum Gasteiger partial charge on any atom is 0.276 e. The number of nitrogens with zero attached hydrogens (tertiary/aromatic N) is 5. The van der Waals surface area contributed by atoms with Crippen molar-refractivity contribution in [3.05, 3.63) is 41.2 Å². The summed E-state index contributed by atoms with van der Waals surface area (Å²) in [4.78, 5) is 27.8. The molecule has 2 aliphatic heterocycles. The third kappa shape index (κ3) is 3.45. The summed E-state index contributed by atoms with van der Waals surface area (Å²) in [5.74, 6) is 0.667. The van der Waals surface area contributed by atoms with Crippen LogP contribution in [0.3, 0.4) is 0 Å². The Morgan fingerprint density at radius 2 is 1.79 bits per heavy atom. The van der Waals surface area contributed by atoms with Crippen LogP contribution >= 0.6 is 0 Å². The number of benzene rings is 1. The van der Waals surface area contributed by atoms with E-state index in [4.69, 9.17) is 9.47 Å². The van der Waals surface area contributed by atoms with Crippen molar-refractivity contribution >= 4 is 11.8 Å². The van der Waals surface area contributed by atoms with Crippen LogP contribution in [0, 0.1) is 0 Å². The van der Waals surface area contributed by atoms with E-state index in [0.717, 1.165) is 11.3 Å². The molecule has 1 fully saturated rings. The number of aromatic nitrogens is 3. The van der Waals surface area contributed by atoms with Gasteiger partial charge in [0.25, 0.3) is 5.91 Å². The van der Waals surface area contributed by atoms with Crippen LogP contribution < -0.4 is 4.74 Å². The molecule has 0 radical (unpaired) electrons. The Morgan fingerprint density at radius 3 is 2.43 bits per heavy atom. The van der Waals surface area contributed by atoms with Gasteiger partial charge in [-0.25, -0.2) is 4.68 Å². The molecule has 0 saturated carbocycles. The Morgan fingerprint density at radius 1 is 1.11 bits per heavy atom. The highest BCUT2D eigenvalue weighted by Gasteiger charge is 2.31. The number of fused-ring (bicyclic) bond motifs is 1. The van der Waals surface area contributed by atoms with Gasteiger partial charge in [-0.1, -0.05) is 17.3 Å². The lowest BCUT2D eigenvalue weighted by molar-refractivity contribution is -0.130. The van der Waals surface area contributed by atoms with Crippen molar-refractivity contribution in [3.8, 4) is 5.75 Å². The summed E-state index contributed by atoms with van der Waals surface area (Å²) in [6.45, 7) is 4.41. The maximum atomic E-state index is 12.9. The molecule has 0 spiro atoms. The van der Waals surface area contributed by atoms with E-state index in [1.807, 2.05) is 24.3 Å². The number of hydrogen-bond donors (Lipinski definition) is 0. The third-order valence-corrected chi connectivity index (χ3v) is 5.30. The first kappa shape index (κ1) is 18.4. The number of carbonyl (C=O) groups is 2. The molecule has 1 saturated heterocycles. The summed E-state index contributed by atoms with van der Waals surface area (Å²) in [6, 6.07) is 7.72. The minimum absolute atomic E-state index is 0.0334. The summed E-state index contributed by atoms with van der Waals surface area (Å²) in [6.07, 6.45) is -0.151. The van der Waals surface area contributed by atoms with Gasteiger partial charge >= 0.3 is 0 Å². The molecule has 9 nitrogen and oxygen atoms in total. The van der Waals surface area contributed by atoms with Crippen LogP contribution in [0.25, 0.3) is 0 Å². The van der Waals surface area contributed by atoms with Crippen LogP contribution in [0.4, 0.5) is 0 Å². The van der Waals surface area contributed by atoms with E-state index in [0.29, 0.717) is 44.1 Å². The first-order chi connectivity index (χ1) is 13.6. The quantitative estimate of drug-likeness (QED) is 0.779. The van der Waals surface area contributed by atoms with Crippen molar-refractivity contribution < 1.29 is 19.1 Å². The normalized spacial score (nSPS) is 19.3. The van der Waals surface area contributed by atoms with E-state index in [9.17, 15) is 9.59 Å². The van der Waals surface area contributed by atoms with Crippen LogP contribution in [0.15, 0.2) is 24.3 Å². The second kappa shape index (κ2) is 7.59. The molecule has 0 N–H and O–H groups in total. The number of hydrogen-bond acceptors (Lipinski definition) is 6. The molecule has 148 valence electrons. The fourth-order valence-corrected chi connectivity index (χ4v) is 3.57. The summed E-state index contributed by atoms with van der Waals surface area (Å²) < 4.78 is 12.9. The predicted molar refractivity (Wildman–Crippen MR) is 98.7 cm³/mol. The van der Waals surface area contributed by atoms with Gasteiger partial charge in [-0.15, -0.1) is 5.10 Å². The van der Waals surface area contributed by atoms with Crippen molar-refractivity contribution in [2.45, 2.75) is 26.2 Å². The van der Waals surface area contributed by atoms with Crippen molar-refractivity contribution in [1.29, 1.82) is 0 Å². The number of rotatable bonds is 3. The minimum Gasteiger partial charge on any atom is -0.497 e. The first-order valence-corrected chi connectivity index (χ1v) is 9.29. The Kier molecular flexibility index (Phi) is 4.99. The molecule has 4 rings (SSSR count). The lowest BCUT2D eigenvalue weighted by atomic mass is 10.1. The Hall–Kier alpha value is -2.94. The van der Waals surface area contributed by atoms with E-state index in [2.05, 4.69) is 10.3 Å². The average molecular weight is 385 g/mol. The Labute approximate surface area is 162 Å². The van der Waals surface area contributed by atoms with Gasteiger partial charge in [0.05, 0.1) is 26.0 Å². The molecule has 0 unspecified atom stereocenters. The number of carbonyl (C=O) groups excluding carboxylic acids is 2. The van der Waals surface area contributed by atoms with E-state index < -0.39 is 0 Å². The molecule has 1 aromatic heterocycles. The second-order valence-corrected chi connectivity index (χ2v) is 6.94. The van der Waals surface area contributed by atoms with Crippen LogP contribution in [-0.4, -0.2) is 69.9 Å². The topological polar surface area (TPSA) is 89.8 Å². The standard InChI is InChI=1S/C19H23N5O4/c1-13(25)22-7-9-23(10-8-22)19(26)18-16-12-28-17(11-24(16)21-20-18)14-3-5-15(27-2)6-4-14/h3-6,17H,7-12H2,1-2H3/t17-/m0/s1. The SMILES string of the molecule is COc1ccc([C@@H]2Cn3nnc(C(=O)N4CCN(C(C)=O)CC4)c3CO2)cc1. The molecule has 3 heterocycles. The second-order valence-electron chi connectivity index (χ2n) is 6.94. The molecular formula is C19H23N5O4. The Balaban J connectivity index is 1.45. The van der Waals surface area contributed by atoms with Gasteiger partial charge in [-0.05, 0) is 17.7 Å². The molecule has 1 aromatic carbocycles. The molecule has 28 heavy (non-hydrogen) atoms. The van der Waals surface area contributed by atoms with Crippen molar-refractivity contribution in [2.75, 3.05) is 33.3 Å². The number of piperazine rings is 1. The summed E-state index contributed by atoms with van der Waals surface area (Å²) in [7, 11) is 1.63. The van der Waals surface area contributed by atoms with Crippen molar-refractivity contribution in [1.82, 2.24) is 24.8 Å². The van der Waals surface area contributed by atoms with Crippen molar-refractivity contribution in [2.24, 2.45) is 0 Å². The lowest BCUT2D eigenvalue weighted by Gasteiger charge is -2.34.